The van der Waals surface area contributed by atoms with E-state index in [2.05, 4.69) is 9.78 Å². The molecule has 0 aromatic rings. The maximum Gasteiger partial charge on any atom is 1.00 e. The van der Waals surface area contributed by atoms with Crippen LogP contribution in [-0.4, -0.2) is 74.2 Å². The van der Waals surface area contributed by atoms with Gasteiger partial charge in [-0.1, -0.05) is 0 Å². The fourth-order valence-electron chi connectivity index (χ4n) is 1.92. The number of rotatable bonds is 13. The normalized spacial score (nSPS) is 12.1. The van der Waals surface area contributed by atoms with Crippen LogP contribution in [-0.2, 0) is 19.4 Å². The molecule has 130 valence electrons. The summed E-state index contributed by atoms with van der Waals surface area (Å²) in [4.78, 5) is 32.0. The van der Waals surface area contributed by atoms with Gasteiger partial charge in [0.2, 0.25) is 0 Å². The number of aliphatic carboxylic acids is 2. The first-order valence-corrected chi connectivity index (χ1v) is 6.64. The smallest absolute Gasteiger partial charge is 0.723 e. The molecule has 0 N–H and O–H groups in total. The van der Waals surface area contributed by atoms with Crippen molar-refractivity contribution in [3.63, 3.8) is 0 Å². The van der Waals surface area contributed by atoms with Crippen LogP contribution in [0.1, 0.15) is 12.8 Å². The van der Waals surface area contributed by atoms with Crippen molar-refractivity contribution in [3.05, 3.63) is 0 Å². The van der Waals surface area contributed by atoms with Crippen LogP contribution < -0.4 is 139 Å². The van der Waals surface area contributed by atoms with Crippen molar-refractivity contribution in [2.24, 2.45) is 0 Å². The average Bonchev–Trinajstić information content (AvgIpc) is 2.45. The summed E-state index contributed by atoms with van der Waals surface area (Å²) in [6.07, 6.45) is -0.408. The maximum atomic E-state index is 10.9. The molecule has 0 aliphatic rings. The van der Waals surface area contributed by atoms with E-state index in [9.17, 15) is 30.3 Å². The van der Waals surface area contributed by atoms with Crippen molar-refractivity contribution in [1.82, 2.24) is 9.80 Å². The minimum atomic E-state index is -1.51. The Bertz CT molecular complexity index is 357. The van der Waals surface area contributed by atoms with Gasteiger partial charge in [-0.3, -0.25) is 9.80 Å². The second kappa shape index (κ2) is 24.0. The van der Waals surface area contributed by atoms with E-state index < -0.39 is 24.4 Å². The quantitative estimate of drug-likeness (QED) is 0.162. The van der Waals surface area contributed by atoms with E-state index in [4.69, 9.17) is 0 Å². The molecular formula is C12H20N2Na4O8. The number of carbonyl (C=O) groups is 2. The van der Waals surface area contributed by atoms with Crippen LogP contribution in [0.15, 0.2) is 0 Å². The predicted molar refractivity (Wildman–Crippen MR) is 64.0 cm³/mol. The molecule has 0 aromatic heterocycles. The molecule has 0 saturated carbocycles. The van der Waals surface area contributed by atoms with Crippen LogP contribution in [0.4, 0.5) is 0 Å². The Morgan fingerprint density at radius 3 is 1.81 bits per heavy atom. The summed E-state index contributed by atoms with van der Waals surface area (Å²) in [7, 11) is 3.10. The number of hydrogen-bond donors (Lipinski definition) is 0. The number of carboxylic acids is 2. The van der Waals surface area contributed by atoms with Crippen molar-refractivity contribution in [2.75, 3.05) is 40.4 Å². The minimum absolute atomic E-state index is 0. The van der Waals surface area contributed by atoms with Crippen molar-refractivity contribution < 1.29 is 158 Å². The molecule has 0 aromatic carbocycles. The molecule has 2 atom stereocenters. The molecule has 14 heteroatoms. The molecular weight excluding hydrogens is 392 g/mol. The monoisotopic (exact) mass is 412 g/mol. The molecule has 2 unspecified atom stereocenters. The van der Waals surface area contributed by atoms with Crippen molar-refractivity contribution in [3.8, 4) is 0 Å². The van der Waals surface area contributed by atoms with Gasteiger partial charge in [0.25, 0.3) is 0 Å². The fraction of sp³-hybridized carbons (Fsp3) is 0.833. The molecule has 0 saturated heterocycles. The Kier molecular flexibility index (Phi) is 36.2. The Labute approximate surface area is 242 Å². The summed E-state index contributed by atoms with van der Waals surface area (Å²) in [6, 6.07) is -1.68. The molecule has 0 aliphatic carbocycles. The standard InChI is InChI=1S/C12H24N2O8.4Na/c1-13(9(8-22-20)3-6-21-19)4-5-14(2)10(12(17)18)7-11(15)16;;;;/h9-10,19-20H,3-8H2,1-2H3,(H,15,16)(H,17,18);;;;/q;4*+1/p-4. The van der Waals surface area contributed by atoms with E-state index in [1.165, 1.54) is 11.9 Å². The SMILES string of the molecule is CN(CCN(C)C(CC(=O)[O-])C(=O)[O-])C(CCO[O-])CO[O-].[Na+].[Na+].[Na+].[Na+]. The number of likely N-dealkylation sites (N-methyl/N-ethyl adjacent to an activating group) is 2. The molecule has 0 aliphatic heterocycles. The van der Waals surface area contributed by atoms with Crippen LogP contribution in [0.25, 0.3) is 0 Å². The van der Waals surface area contributed by atoms with Crippen molar-refractivity contribution >= 4 is 11.9 Å². The summed E-state index contributed by atoms with van der Waals surface area (Å²) in [6.45, 7) is 0.267. The Balaban J connectivity index is -0.000000367. The first-order valence-electron chi connectivity index (χ1n) is 6.64. The zero-order chi connectivity index (χ0) is 17.1. The maximum absolute atomic E-state index is 10.9. The van der Waals surface area contributed by atoms with Gasteiger partial charge in [-0.25, -0.2) is 0 Å². The fourth-order valence-corrected chi connectivity index (χ4v) is 1.92. The van der Waals surface area contributed by atoms with Crippen LogP contribution in [0, 0.1) is 0 Å². The van der Waals surface area contributed by atoms with Gasteiger partial charge in [-0.05, 0) is 20.5 Å². The predicted octanol–water partition coefficient (Wildman–Crippen LogP) is -17.5. The summed E-state index contributed by atoms with van der Waals surface area (Å²) in [5.41, 5.74) is 0. The topological polar surface area (TPSA) is 151 Å². The summed E-state index contributed by atoms with van der Waals surface area (Å²) >= 11 is 0. The summed E-state index contributed by atoms with van der Waals surface area (Å²) in [5.74, 6) is -2.99. The summed E-state index contributed by atoms with van der Waals surface area (Å²) in [5, 5.41) is 41.7. The minimum Gasteiger partial charge on any atom is -0.723 e. The average molecular weight is 412 g/mol. The Hall–Kier alpha value is 2.70. The first-order chi connectivity index (χ1) is 10.3. The number of carbonyl (C=O) groups excluding carboxylic acids is 2. The molecule has 0 amide bonds. The van der Waals surface area contributed by atoms with Gasteiger partial charge in [0, 0.05) is 44.7 Å². The largest absolute Gasteiger partial charge is 1.00 e. The molecule has 10 nitrogen and oxygen atoms in total. The number of hydrogen-bond acceptors (Lipinski definition) is 10. The van der Waals surface area contributed by atoms with Gasteiger partial charge in [0.05, 0.1) is 12.0 Å². The van der Waals surface area contributed by atoms with Crippen LogP contribution in [0.5, 0.6) is 0 Å². The van der Waals surface area contributed by atoms with Gasteiger partial charge in [-0.15, -0.1) is 0 Å². The molecule has 0 bridgehead atoms. The third-order valence-electron chi connectivity index (χ3n) is 3.39. The van der Waals surface area contributed by atoms with Crippen molar-refractivity contribution in [1.29, 1.82) is 0 Å². The third-order valence-corrected chi connectivity index (χ3v) is 3.39. The van der Waals surface area contributed by atoms with E-state index in [1.807, 2.05) is 0 Å². The van der Waals surface area contributed by atoms with Gasteiger partial charge < -0.3 is 40.1 Å². The number of carboxylic acid groups (broad SMARTS) is 2. The summed E-state index contributed by atoms with van der Waals surface area (Å²) < 4.78 is 0. The first kappa shape index (κ1) is 39.2. The van der Waals surface area contributed by atoms with Gasteiger partial charge in [0.1, 0.15) is 0 Å². The van der Waals surface area contributed by atoms with E-state index in [-0.39, 0.29) is 150 Å². The zero-order valence-electron chi connectivity index (χ0n) is 16.6. The van der Waals surface area contributed by atoms with Crippen LogP contribution in [0.2, 0.25) is 0 Å². The van der Waals surface area contributed by atoms with E-state index in [1.54, 1.807) is 11.9 Å². The van der Waals surface area contributed by atoms with E-state index in [0.29, 0.717) is 6.54 Å². The van der Waals surface area contributed by atoms with E-state index in [0.717, 1.165) is 0 Å². The van der Waals surface area contributed by atoms with Crippen LogP contribution >= 0.6 is 0 Å². The Morgan fingerprint density at radius 2 is 1.42 bits per heavy atom. The third kappa shape index (κ3) is 18.7. The van der Waals surface area contributed by atoms with Gasteiger partial charge in [-0.2, -0.15) is 0 Å². The molecule has 26 heavy (non-hydrogen) atoms. The van der Waals surface area contributed by atoms with Crippen molar-refractivity contribution in [2.45, 2.75) is 24.9 Å². The zero-order valence-corrected chi connectivity index (χ0v) is 24.6. The molecule has 0 radical (unpaired) electrons. The van der Waals surface area contributed by atoms with Crippen LogP contribution in [0.3, 0.4) is 0 Å². The molecule has 0 spiro atoms. The molecule has 0 heterocycles. The molecule has 0 fully saturated rings. The molecule has 0 rings (SSSR count). The van der Waals surface area contributed by atoms with Gasteiger partial charge >= 0.3 is 118 Å². The Morgan fingerprint density at radius 1 is 0.923 bits per heavy atom. The van der Waals surface area contributed by atoms with E-state index >= 15 is 0 Å². The number of nitrogens with zero attached hydrogens (tertiary/aromatic N) is 2. The van der Waals surface area contributed by atoms with Gasteiger partial charge in [0.15, 0.2) is 0 Å². The second-order valence-electron chi connectivity index (χ2n) is 4.92. The second-order valence-corrected chi connectivity index (χ2v) is 4.92.